The predicted octanol–water partition coefficient (Wildman–Crippen LogP) is 3.51. The Bertz CT molecular complexity index is 477. The molecule has 2 fully saturated rings. The second-order valence-electron chi connectivity index (χ2n) is 5.84. The number of likely N-dealkylation sites (tertiary alicyclic amines) is 1. The predicted molar refractivity (Wildman–Crippen MR) is 86.2 cm³/mol. The molecule has 20 heavy (non-hydrogen) atoms. The van der Waals surface area contributed by atoms with Gasteiger partial charge in [0.05, 0.1) is 12.8 Å². The molecule has 1 aliphatic heterocycles. The number of ether oxygens (including phenoxy) is 1. The van der Waals surface area contributed by atoms with Gasteiger partial charge in [-0.15, -0.1) is 0 Å². The number of hydrogen-bond donors (Lipinski definition) is 1. The van der Waals surface area contributed by atoms with Crippen LogP contribution in [0.2, 0.25) is 0 Å². The molecular formula is C16H22N2OS. The molecule has 2 aliphatic rings. The van der Waals surface area contributed by atoms with Gasteiger partial charge < -0.3 is 15.0 Å². The summed E-state index contributed by atoms with van der Waals surface area (Å²) in [7, 11) is 1.69. The summed E-state index contributed by atoms with van der Waals surface area (Å²) >= 11 is 5.58. The van der Waals surface area contributed by atoms with E-state index < -0.39 is 0 Å². The highest BCUT2D eigenvalue weighted by Crippen LogP contribution is 2.36. The summed E-state index contributed by atoms with van der Waals surface area (Å²) in [5.41, 5.74) is 0.954. The van der Waals surface area contributed by atoms with Crippen molar-refractivity contribution in [3.05, 3.63) is 24.3 Å². The van der Waals surface area contributed by atoms with Gasteiger partial charge in [0.2, 0.25) is 0 Å². The monoisotopic (exact) mass is 290 g/mol. The number of para-hydroxylation sites is 2. The van der Waals surface area contributed by atoms with E-state index in [4.69, 9.17) is 17.0 Å². The van der Waals surface area contributed by atoms with Crippen LogP contribution in [-0.2, 0) is 0 Å². The molecule has 0 aromatic heterocycles. The second kappa shape index (κ2) is 6.00. The van der Waals surface area contributed by atoms with Crippen molar-refractivity contribution in [1.29, 1.82) is 0 Å². The maximum absolute atomic E-state index is 5.58. The Balaban J connectivity index is 1.65. The van der Waals surface area contributed by atoms with Crippen LogP contribution in [0.1, 0.15) is 25.7 Å². The number of nitrogens with one attached hydrogen (secondary N) is 1. The highest BCUT2D eigenvalue weighted by molar-refractivity contribution is 7.80. The molecule has 1 saturated heterocycles. The van der Waals surface area contributed by atoms with E-state index in [1.54, 1.807) is 7.11 Å². The first-order valence-electron chi connectivity index (χ1n) is 7.47. The van der Waals surface area contributed by atoms with Crippen molar-refractivity contribution in [3.63, 3.8) is 0 Å². The zero-order valence-electron chi connectivity index (χ0n) is 12.0. The first-order chi connectivity index (χ1) is 9.78. The molecule has 1 aromatic rings. The van der Waals surface area contributed by atoms with Crippen molar-refractivity contribution in [2.24, 2.45) is 11.8 Å². The van der Waals surface area contributed by atoms with Crippen LogP contribution in [0, 0.1) is 11.8 Å². The molecule has 1 heterocycles. The van der Waals surface area contributed by atoms with Gasteiger partial charge in [0, 0.05) is 13.1 Å². The summed E-state index contributed by atoms with van der Waals surface area (Å²) < 4.78 is 5.36. The van der Waals surface area contributed by atoms with Gasteiger partial charge in [-0.3, -0.25) is 0 Å². The zero-order chi connectivity index (χ0) is 13.9. The molecule has 2 unspecified atom stereocenters. The van der Waals surface area contributed by atoms with Crippen LogP contribution in [0.4, 0.5) is 5.69 Å². The molecule has 3 rings (SSSR count). The topological polar surface area (TPSA) is 24.5 Å². The number of rotatable bonds is 2. The van der Waals surface area contributed by atoms with Crippen LogP contribution in [0.3, 0.4) is 0 Å². The Kier molecular flexibility index (Phi) is 4.10. The molecule has 1 saturated carbocycles. The summed E-state index contributed by atoms with van der Waals surface area (Å²) in [6, 6.07) is 7.93. The number of anilines is 1. The summed E-state index contributed by atoms with van der Waals surface area (Å²) in [5, 5.41) is 4.18. The Morgan fingerprint density at radius 2 is 1.85 bits per heavy atom. The number of benzene rings is 1. The van der Waals surface area contributed by atoms with Gasteiger partial charge in [-0.1, -0.05) is 25.0 Å². The fourth-order valence-electron chi connectivity index (χ4n) is 3.51. The third kappa shape index (κ3) is 2.75. The van der Waals surface area contributed by atoms with Crippen molar-refractivity contribution < 1.29 is 4.74 Å². The van der Waals surface area contributed by atoms with Crippen molar-refractivity contribution in [2.75, 3.05) is 25.5 Å². The van der Waals surface area contributed by atoms with E-state index in [0.717, 1.165) is 41.5 Å². The molecule has 1 aromatic carbocycles. The Morgan fingerprint density at radius 1 is 1.20 bits per heavy atom. The largest absolute Gasteiger partial charge is 0.495 e. The van der Waals surface area contributed by atoms with Crippen LogP contribution in [0.25, 0.3) is 0 Å². The third-order valence-electron chi connectivity index (χ3n) is 4.61. The Morgan fingerprint density at radius 3 is 2.50 bits per heavy atom. The van der Waals surface area contributed by atoms with E-state index >= 15 is 0 Å². The number of nitrogens with zero attached hydrogens (tertiary/aromatic N) is 1. The number of fused-ring (bicyclic) bond motifs is 1. The molecule has 2 atom stereocenters. The minimum Gasteiger partial charge on any atom is -0.495 e. The SMILES string of the molecule is COc1ccccc1NC(=S)N1CC2CCCCC2C1. The zero-order valence-corrected chi connectivity index (χ0v) is 12.8. The highest BCUT2D eigenvalue weighted by Gasteiger charge is 2.35. The normalized spacial score (nSPS) is 25.1. The van der Waals surface area contributed by atoms with E-state index in [1.807, 2.05) is 24.3 Å². The van der Waals surface area contributed by atoms with Crippen LogP contribution in [-0.4, -0.2) is 30.2 Å². The van der Waals surface area contributed by atoms with Crippen molar-refractivity contribution >= 4 is 23.0 Å². The maximum atomic E-state index is 5.58. The van der Waals surface area contributed by atoms with Crippen molar-refractivity contribution in [3.8, 4) is 5.75 Å². The van der Waals surface area contributed by atoms with Gasteiger partial charge in [0.1, 0.15) is 5.75 Å². The Hall–Kier alpha value is -1.29. The third-order valence-corrected chi connectivity index (χ3v) is 4.97. The summed E-state index contributed by atoms with van der Waals surface area (Å²) in [4.78, 5) is 2.34. The standard InChI is InChI=1S/C16H22N2OS/c1-19-15-9-5-4-8-14(15)17-16(20)18-10-12-6-2-3-7-13(12)11-18/h4-5,8-9,12-13H,2-3,6-7,10-11H2,1H3,(H,17,20). The summed E-state index contributed by atoms with van der Waals surface area (Å²) in [6.45, 7) is 2.23. The maximum Gasteiger partial charge on any atom is 0.173 e. The van der Waals surface area contributed by atoms with Gasteiger partial charge >= 0.3 is 0 Å². The lowest BCUT2D eigenvalue weighted by Gasteiger charge is -2.22. The number of hydrogen-bond acceptors (Lipinski definition) is 2. The van der Waals surface area contributed by atoms with E-state index in [9.17, 15) is 0 Å². The average molecular weight is 290 g/mol. The molecule has 1 aliphatic carbocycles. The van der Waals surface area contributed by atoms with Crippen LogP contribution < -0.4 is 10.1 Å². The fourth-order valence-corrected chi connectivity index (χ4v) is 3.77. The minimum absolute atomic E-state index is 0.837. The average Bonchev–Trinajstić information content (AvgIpc) is 2.92. The number of thiocarbonyl (C=S) groups is 1. The van der Waals surface area contributed by atoms with E-state index in [-0.39, 0.29) is 0 Å². The molecule has 108 valence electrons. The summed E-state index contributed by atoms with van der Waals surface area (Å²) in [5.74, 6) is 2.54. The lowest BCUT2D eigenvalue weighted by Crippen LogP contribution is -2.33. The number of methoxy groups -OCH3 is 1. The first kappa shape index (κ1) is 13.7. The molecular weight excluding hydrogens is 268 g/mol. The molecule has 0 amide bonds. The van der Waals surface area contributed by atoms with E-state index in [1.165, 1.54) is 25.7 Å². The fraction of sp³-hybridized carbons (Fsp3) is 0.562. The smallest absolute Gasteiger partial charge is 0.173 e. The van der Waals surface area contributed by atoms with Crippen LogP contribution in [0.15, 0.2) is 24.3 Å². The molecule has 0 bridgehead atoms. The van der Waals surface area contributed by atoms with E-state index in [2.05, 4.69) is 10.2 Å². The molecule has 0 radical (unpaired) electrons. The lowest BCUT2D eigenvalue weighted by atomic mass is 9.82. The van der Waals surface area contributed by atoms with Gasteiger partial charge in [-0.05, 0) is 49.0 Å². The van der Waals surface area contributed by atoms with Crippen LogP contribution in [0.5, 0.6) is 5.75 Å². The van der Waals surface area contributed by atoms with Gasteiger partial charge in [-0.2, -0.15) is 0 Å². The van der Waals surface area contributed by atoms with Gasteiger partial charge in [0.25, 0.3) is 0 Å². The van der Waals surface area contributed by atoms with Crippen molar-refractivity contribution in [1.82, 2.24) is 4.90 Å². The van der Waals surface area contributed by atoms with E-state index in [0.29, 0.717) is 0 Å². The second-order valence-corrected chi connectivity index (χ2v) is 6.23. The van der Waals surface area contributed by atoms with Gasteiger partial charge in [-0.25, -0.2) is 0 Å². The molecule has 0 spiro atoms. The lowest BCUT2D eigenvalue weighted by molar-refractivity contribution is 0.299. The van der Waals surface area contributed by atoms with Crippen molar-refractivity contribution in [2.45, 2.75) is 25.7 Å². The molecule has 1 N–H and O–H groups in total. The van der Waals surface area contributed by atoms with Crippen LogP contribution >= 0.6 is 12.2 Å². The summed E-state index contributed by atoms with van der Waals surface area (Å²) in [6.07, 6.45) is 5.53. The Labute approximate surface area is 126 Å². The van der Waals surface area contributed by atoms with Gasteiger partial charge in [0.15, 0.2) is 5.11 Å². The quantitative estimate of drug-likeness (QED) is 0.842. The first-order valence-corrected chi connectivity index (χ1v) is 7.87. The molecule has 4 heteroatoms. The minimum atomic E-state index is 0.837. The molecule has 3 nitrogen and oxygen atoms in total. The highest BCUT2D eigenvalue weighted by atomic mass is 32.1.